The Balaban J connectivity index is 2.11. The van der Waals surface area contributed by atoms with Crippen LogP contribution < -0.4 is 19.1 Å². The van der Waals surface area contributed by atoms with Crippen molar-refractivity contribution in [1.82, 2.24) is 10.2 Å². The number of benzene rings is 3. The molecule has 3 aromatic rings. The van der Waals surface area contributed by atoms with Gasteiger partial charge in [0.15, 0.2) is 0 Å². The molecule has 0 saturated heterocycles. The highest BCUT2D eigenvalue weighted by atomic mass is 32.2. The third-order valence-electron chi connectivity index (χ3n) is 6.77. The maximum Gasteiger partial charge on any atom is 0.264 e. The van der Waals surface area contributed by atoms with E-state index in [-0.39, 0.29) is 29.0 Å². The molecule has 0 aliphatic rings. The zero-order valence-corrected chi connectivity index (χ0v) is 26.0. The van der Waals surface area contributed by atoms with Gasteiger partial charge in [-0.15, -0.1) is 0 Å². The molecule has 0 aliphatic carbocycles. The lowest BCUT2D eigenvalue weighted by Crippen LogP contribution is -2.52. The van der Waals surface area contributed by atoms with Crippen LogP contribution in [0.15, 0.2) is 77.7 Å². The molecule has 0 heterocycles. The number of carbonyl (C=O) groups is 2. The van der Waals surface area contributed by atoms with Crippen molar-refractivity contribution in [3.8, 4) is 11.5 Å². The Morgan fingerprint density at radius 3 is 2.26 bits per heavy atom. The van der Waals surface area contributed by atoms with E-state index in [0.717, 1.165) is 15.4 Å². The van der Waals surface area contributed by atoms with Gasteiger partial charge in [0, 0.05) is 13.1 Å². The zero-order chi connectivity index (χ0) is 30.9. The Bertz CT molecular complexity index is 1460. The molecular formula is C32H41N3O6S. The number of anilines is 1. The molecule has 0 unspecified atom stereocenters. The molecule has 9 nitrogen and oxygen atoms in total. The number of hydrogen-bond acceptors (Lipinski definition) is 6. The van der Waals surface area contributed by atoms with Crippen LogP contribution in [0.4, 0.5) is 5.69 Å². The molecule has 1 atom stereocenters. The van der Waals surface area contributed by atoms with E-state index in [1.165, 1.54) is 24.1 Å². The van der Waals surface area contributed by atoms with E-state index in [1.807, 2.05) is 33.8 Å². The molecule has 3 rings (SSSR count). The first-order chi connectivity index (χ1) is 20.0. The minimum atomic E-state index is -4.20. The van der Waals surface area contributed by atoms with E-state index in [1.54, 1.807) is 61.7 Å². The molecule has 0 aromatic heterocycles. The number of methoxy groups -OCH3 is 2. The number of sulfonamides is 1. The highest BCUT2D eigenvalue weighted by Gasteiger charge is 2.34. The number of carbonyl (C=O) groups excluding carboxylic acids is 2. The number of nitrogens with zero attached hydrogens (tertiary/aromatic N) is 2. The quantitative estimate of drug-likeness (QED) is 0.288. The lowest BCUT2D eigenvalue weighted by atomic mass is 10.1. The van der Waals surface area contributed by atoms with Crippen LogP contribution in [0, 0.1) is 12.8 Å². The fourth-order valence-corrected chi connectivity index (χ4v) is 5.98. The maximum atomic E-state index is 14.3. The first-order valence-corrected chi connectivity index (χ1v) is 15.4. The molecular weight excluding hydrogens is 554 g/mol. The normalized spacial score (nSPS) is 12.0. The largest absolute Gasteiger partial charge is 0.497 e. The van der Waals surface area contributed by atoms with Crippen molar-refractivity contribution < 1.29 is 27.5 Å². The molecule has 0 fully saturated rings. The summed E-state index contributed by atoms with van der Waals surface area (Å²) in [6.45, 7) is 7.62. The van der Waals surface area contributed by atoms with Gasteiger partial charge < -0.3 is 19.7 Å². The Morgan fingerprint density at radius 1 is 0.929 bits per heavy atom. The summed E-state index contributed by atoms with van der Waals surface area (Å²) in [5, 5.41) is 2.93. The lowest BCUT2D eigenvalue weighted by molar-refractivity contribution is -0.140. The van der Waals surface area contributed by atoms with E-state index in [9.17, 15) is 18.0 Å². The highest BCUT2D eigenvalue weighted by molar-refractivity contribution is 7.92. The molecule has 10 heteroatoms. The molecule has 0 radical (unpaired) electrons. The van der Waals surface area contributed by atoms with Crippen molar-refractivity contribution in [2.75, 3.05) is 31.6 Å². The summed E-state index contributed by atoms with van der Waals surface area (Å²) in [6, 6.07) is 19.5. The van der Waals surface area contributed by atoms with Gasteiger partial charge in [-0.25, -0.2) is 8.42 Å². The minimum Gasteiger partial charge on any atom is -0.497 e. The van der Waals surface area contributed by atoms with Crippen molar-refractivity contribution in [2.24, 2.45) is 5.92 Å². The number of amides is 2. The molecule has 42 heavy (non-hydrogen) atoms. The van der Waals surface area contributed by atoms with Gasteiger partial charge >= 0.3 is 0 Å². The van der Waals surface area contributed by atoms with Crippen LogP contribution in [-0.2, 0) is 26.2 Å². The van der Waals surface area contributed by atoms with Gasteiger partial charge in [0.25, 0.3) is 10.0 Å². The fourth-order valence-electron chi connectivity index (χ4n) is 4.54. The summed E-state index contributed by atoms with van der Waals surface area (Å²) in [7, 11) is -1.20. The standard InChI is InChI=1S/C32H41N3O6S/c1-7-28(32(37)33-20-23(2)3)34(21-25-12-11-13-26(19-25)40-5)31(36)22-35(29-18-24(4)16-17-30(29)41-6)42(38,39)27-14-9-8-10-15-27/h8-19,23,28H,7,20-22H2,1-6H3,(H,33,37)/t28-/m1/s1. The Kier molecular flexibility index (Phi) is 11.4. The van der Waals surface area contributed by atoms with Crippen LogP contribution >= 0.6 is 0 Å². The molecule has 226 valence electrons. The molecule has 0 bridgehead atoms. The summed E-state index contributed by atoms with van der Waals surface area (Å²) in [6.07, 6.45) is 0.332. The topological polar surface area (TPSA) is 105 Å². The Labute approximate surface area is 249 Å². The average Bonchev–Trinajstić information content (AvgIpc) is 2.99. The maximum absolute atomic E-state index is 14.3. The third-order valence-corrected chi connectivity index (χ3v) is 8.54. The lowest BCUT2D eigenvalue weighted by Gasteiger charge is -2.33. The number of nitrogens with one attached hydrogen (secondary N) is 1. The average molecular weight is 596 g/mol. The van der Waals surface area contributed by atoms with Crippen LogP contribution in [0.1, 0.15) is 38.3 Å². The van der Waals surface area contributed by atoms with Gasteiger partial charge in [-0.05, 0) is 66.8 Å². The van der Waals surface area contributed by atoms with Crippen LogP contribution in [0.2, 0.25) is 0 Å². The van der Waals surface area contributed by atoms with Crippen molar-refractivity contribution in [3.05, 3.63) is 83.9 Å². The predicted molar refractivity (Wildman–Crippen MR) is 164 cm³/mol. The SMILES string of the molecule is CC[C@H](C(=O)NCC(C)C)N(Cc1cccc(OC)c1)C(=O)CN(c1cc(C)ccc1OC)S(=O)(=O)c1ccccc1. The van der Waals surface area contributed by atoms with E-state index in [4.69, 9.17) is 9.47 Å². The van der Waals surface area contributed by atoms with Gasteiger partial charge in [0.2, 0.25) is 11.8 Å². The van der Waals surface area contributed by atoms with Gasteiger partial charge in [0.05, 0.1) is 24.8 Å². The van der Waals surface area contributed by atoms with Crippen molar-refractivity contribution >= 4 is 27.5 Å². The van der Waals surface area contributed by atoms with E-state index in [2.05, 4.69) is 5.32 Å². The summed E-state index contributed by atoms with van der Waals surface area (Å²) in [5.41, 5.74) is 1.76. The fraction of sp³-hybridized carbons (Fsp3) is 0.375. The Morgan fingerprint density at radius 2 is 1.64 bits per heavy atom. The second-order valence-electron chi connectivity index (χ2n) is 10.4. The van der Waals surface area contributed by atoms with Crippen LogP contribution in [-0.4, -0.2) is 58.5 Å². The van der Waals surface area contributed by atoms with Gasteiger partial charge in [-0.1, -0.05) is 57.2 Å². The van der Waals surface area contributed by atoms with Gasteiger partial charge in [-0.3, -0.25) is 13.9 Å². The minimum absolute atomic E-state index is 0.0300. The van der Waals surface area contributed by atoms with Crippen LogP contribution in [0.3, 0.4) is 0 Å². The van der Waals surface area contributed by atoms with Crippen molar-refractivity contribution in [3.63, 3.8) is 0 Å². The summed E-state index contributed by atoms with van der Waals surface area (Å²) in [4.78, 5) is 29.1. The second-order valence-corrected chi connectivity index (χ2v) is 12.3. The zero-order valence-electron chi connectivity index (χ0n) is 25.2. The number of aryl methyl sites for hydroxylation is 1. The number of rotatable bonds is 14. The van der Waals surface area contributed by atoms with E-state index >= 15 is 0 Å². The smallest absolute Gasteiger partial charge is 0.264 e. The highest BCUT2D eigenvalue weighted by Crippen LogP contribution is 2.34. The number of hydrogen-bond donors (Lipinski definition) is 1. The summed E-state index contributed by atoms with van der Waals surface area (Å²) in [5.74, 6) is 0.290. The second kappa shape index (κ2) is 14.7. The van der Waals surface area contributed by atoms with Crippen molar-refractivity contribution in [1.29, 1.82) is 0 Å². The van der Waals surface area contributed by atoms with Gasteiger partial charge in [0.1, 0.15) is 24.1 Å². The Hall–Kier alpha value is -4.05. The predicted octanol–water partition coefficient (Wildman–Crippen LogP) is 4.79. The van der Waals surface area contributed by atoms with Gasteiger partial charge in [-0.2, -0.15) is 0 Å². The molecule has 0 aliphatic heterocycles. The molecule has 2 amide bonds. The van der Waals surface area contributed by atoms with Crippen molar-refractivity contribution in [2.45, 2.75) is 51.6 Å². The first kappa shape index (κ1) is 32.5. The first-order valence-electron chi connectivity index (χ1n) is 13.9. The molecule has 3 aromatic carbocycles. The number of ether oxygens (including phenoxy) is 2. The summed E-state index contributed by atoms with van der Waals surface area (Å²) < 4.78 is 40.1. The van der Waals surface area contributed by atoms with Crippen LogP contribution in [0.5, 0.6) is 11.5 Å². The van der Waals surface area contributed by atoms with E-state index < -0.39 is 28.5 Å². The van der Waals surface area contributed by atoms with E-state index in [0.29, 0.717) is 24.5 Å². The van der Waals surface area contributed by atoms with Crippen LogP contribution in [0.25, 0.3) is 0 Å². The summed E-state index contributed by atoms with van der Waals surface area (Å²) >= 11 is 0. The third kappa shape index (κ3) is 8.03. The monoisotopic (exact) mass is 595 g/mol. The molecule has 1 N–H and O–H groups in total. The molecule has 0 saturated carbocycles. The molecule has 0 spiro atoms.